The molecule has 1 aromatic rings. The average molecular weight is 295 g/mol. The third kappa shape index (κ3) is 4.75. The van der Waals surface area contributed by atoms with Gasteiger partial charge >= 0.3 is 5.97 Å². The first-order valence-electron chi connectivity index (χ1n) is 6.50. The van der Waals surface area contributed by atoms with Gasteiger partial charge in [-0.2, -0.15) is 5.26 Å². The van der Waals surface area contributed by atoms with Gasteiger partial charge in [0.15, 0.2) is 0 Å². The molecule has 5 heteroatoms. The minimum Gasteiger partial charge on any atom is -0.462 e. The van der Waals surface area contributed by atoms with Crippen LogP contribution in [0, 0.1) is 16.7 Å². The highest BCUT2D eigenvalue weighted by atomic mass is 35.5. The van der Waals surface area contributed by atoms with E-state index in [1.165, 1.54) is 0 Å². The first kappa shape index (κ1) is 16.3. The van der Waals surface area contributed by atoms with Gasteiger partial charge in [0.2, 0.25) is 0 Å². The van der Waals surface area contributed by atoms with Crippen LogP contribution in [0.15, 0.2) is 18.2 Å². The van der Waals surface area contributed by atoms with E-state index in [1.807, 2.05) is 13.8 Å². The number of nitriles is 1. The third-order valence-electron chi connectivity index (χ3n) is 2.98. The van der Waals surface area contributed by atoms with Crippen molar-refractivity contribution in [2.24, 2.45) is 5.41 Å². The Kier molecular flexibility index (Phi) is 5.84. The fourth-order valence-corrected chi connectivity index (χ4v) is 1.88. The summed E-state index contributed by atoms with van der Waals surface area (Å²) in [5.41, 5.74) is 5.94. The Bertz CT molecular complexity index is 521. The number of ether oxygens (including phenoxy) is 1. The first-order chi connectivity index (χ1) is 9.37. The number of unbranched alkanes of at least 4 members (excludes halogenated alkanes) is 1. The number of benzene rings is 1. The molecule has 1 aromatic carbocycles. The van der Waals surface area contributed by atoms with Gasteiger partial charge in [-0.25, -0.2) is 4.79 Å². The van der Waals surface area contributed by atoms with Gasteiger partial charge in [0, 0.05) is 0 Å². The minimum atomic E-state index is -0.471. The van der Waals surface area contributed by atoms with Gasteiger partial charge < -0.3 is 10.5 Å². The Hall–Kier alpha value is -1.73. The van der Waals surface area contributed by atoms with E-state index < -0.39 is 5.97 Å². The molecule has 0 aliphatic rings. The molecule has 0 radical (unpaired) electrons. The first-order valence-corrected chi connectivity index (χ1v) is 6.87. The second kappa shape index (κ2) is 7.16. The van der Waals surface area contributed by atoms with Crippen LogP contribution in [-0.4, -0.2) is 12.6 Å². The molecule has 0 spiro atoms. The number of hydrogen-bond acceptors (Lipinski definition) is 4. The molecule has 2 N–H and O–H groups in total. The number of anilines is 1. The van der Waals surface area contributed by atoms with E-state index in [0.717, 1.165) is 19.3 Å². The minimum absolute atomic E-state index is 0.225. The second-order valence-electron chi connectivity index (χ2n) is 5.30. The van der Waals surface area contributed by atoms with Crippen LogP contribution in [0.3, 0.4) is 0 Å². The lowest BCUT2D eigenvalue weighted by Crippen LogP contribution is -2.10. The molecule has 0 unspecified atom stereocenters. The van der Waals surface area contributed by atoms with Crippen LogP contribution in [0.4, 0.5) is 5.69 Å². The number of nitrogen functional groups attached to an aromatic ring is 1. The van der Waals surface area contributed by atoms with Crippen LogP contribution in [0.5, 0.6) is 0 Å². The number of nitrogens with zero attached hydrogens (tertiary/aromatic N) is 1. The van der Waals surface area contributed by atoms with E-state index in [2.05, 4.69) is 6.07 Å². The number of carbonyl (C=O) groups is 1. The average Bonchev–Trinajstić information content (AvgIpc) is 2.41. The fourth-order valence-electron chi connectivity index (χ4n) is 1.68. The lowest BCUT2D eigenvalue weighted by molar-refractivity contribution is 0.0496. The molecular formula is C15H19ClN2O2. The van der Waals surface area contributed by atoms with Crippen molar-refractivity contribution in [3.63, 3.8) is 0 Å². The molecule has 0 saturated heterocycles. The van der Waals surface area contributed by atoms with Crippen LogP contribution < -0.4 is 5.73 Å². The van der Waals surface area contributed by atoms with Crippen LogP contribution in [-0.2, 0) is 4.74 Å². The van der Waals surface area contributed by atoms with E-state index in [4.69, 9.17) is 27.3 Å². The fraction of sp³-hybridized carbons (Fsp3) is 0.467. The van der Waals surface area contributed by atoms with Crippen molar-refractivity contribution in [3.8, 4) is 6.07 Å². The van der Waals surface area contributed by atoms with Crippen molar-refractivity contribution in [2.45, 2.75) is 33.1 Å². The molecule has 0 saturated carbocycles. The van der Waals surface area contributed by atoms with Crippen molar-refractivity contribution in [1.82, 2.24) is 0 Å². The lowest BCUT2D eigenvalue weighted by Gasteiger charge is -2.14. The molecule has 0 fully saturated rings. The van der Waals surface area contributed by atoms with Crippen LogP contribution in [0.1, 0.15) is 43.5 Å². The van der Waals surface area contributed by atoms with Crippen LogP contribution >= 0.6 is 11.6 Å². The molecule has 0 aliphatic heterocycles. The summed E-state index contributed by atoms with van der Waals surface area (Å²) < 4.78 is 5.15. The summed E-state index contributed by atoms with van der Waals surface area (Å²) in [4.78, 5) is 11.8. The van der Waals surface area contributed by atoms with Crippen LogP contribution in [0.2, 0.25) is 5.02 Å². The van der Waals surface area contributed by atoms with Gasteiger partial charge in [-0.1, -0.05) is 17.7 Å². The summed E-state index contributed by atoms with van der Waals surface area (Å²) in [5, 5.41) is 9.11. The molecular weight excluding hydrogens is 276 g/mol. The zero-order valence-corrected chi connectivity index (χ0v) is 12.5. The predicted octanol–water partition coefficient (Wildman–Crippen LogP) is 3.80. The van der Waals surface area contributed by atoms with Crippen molar-refractivity contribution < 1.29 is 9.53 Å². The Morgan fingerprint density at radius 3 is 2.80 bits per heavy atom. The van der Waals surface area contributed by atoms with Gasteiger partial charge in [-0.05, 0) is 45.2 Å². The Labute approximate surface area is 124 Å². The van der Waals surface area contributed by atoms with E-state index in [0.29, 0.717) is 12.3 Å². The quantitative estimate of drug-likeness (QED) is 0.492. The number of carbonyl (C=O) groups excluding carboxylic acids is 1. The summed E-state index contributed by atoms with van der Waals surface area (Å²) in [6.07, 6.45) is 2.33. The van der Waals surface area contributed by atoms with Gasteiger partial charge in [0.25, 0.3) is 0 Å². The van der Waals surface area contributed by atoms with E-state index in [-0.39, 0.29) is 16.0 Å². The number of halogens is 1. The molecule has 0 heterocycles. The number of hydrogen-bond donors (Lipinski definition) is 1. The summed E-state index contributed by atoms with van der Waals surface area (Å²) in [6.45, 7) is 4.10. The number of nitrogens with two attached hydrogens (primary N) is 1. The van der Waals surface area contributed by atoms with Crippen molar-refractivity contribution in [3.05, 3.63) is 28.8 Å². The lowest BCUT2D eigenvalue weighted by atomic mass is 9.89. The standard InChI is InChI=1S/C15H19ClN2O2/c1-15(2,10-17)8-3-4-9-20-14(19)11-6-5-7-12(18)13(11)16/h5-7H,3-4,8-9,18H2,1-2H3. The summed E-state index contributed by atoms with van der Waals surface area (Å²) in [6, 6.07) is 7.11. The van der Waals surface area contributed by atoms with E-state index in [9.17, 15) is 4.79 Å². The molecule has 108 valence electrons. The summed E-state index contributed by atoms with van der Waals surface area (Å²) in [5.74, 6) is -0.471. The zero-order valence-electron chi connectivity index (χ0n) is 11.8. The predicted molar refractivity (Wildman–Crippen MR) is 79.4 cm³/mol. The van der Waals surface area contributed by atoms with Crippen LogP contribution in [0.25, 0.3) is 0 Å². The molecule has 1 rings (SSSR count). The van der Waals surface area contributed by atoms with Gasteiger partial charge in [-0.3, -0.25) is 0 Å². The summed E-state index contributed by atoms with van der Waals surface area (Å²) >= 11 is 5.94. The number of esters is 1. The molecule has 0 amide bonds. The molecule has 0 atom stereocenters. The van der Waals surface area contributed by atoms with Gasteiger partial charge in [0.05, 0.1) is 34.4 Å². The molecule has 4 nitrogen and oxygen atoms in total. The Morgan fingerprint density at radius 2 is 2.15 bits per heavy atom. The second-order valence-corrected chi connectivity index (χ2v) is 5.68. The highest BCUT2D eigenvalue weighted by molar-refractivity contribution is 6.36. The zero-order chi connectivity index (χ0) is 15.2. The monoisotopic (exact) mass is 294 g/mol. The topological polar surface area (TPSA) is 76.1 Å². The normalized spacial score (nSPS) is 10.9. The van der Waals surface area contributed by atoms with Crippen molar-refractivity contribution in [1.29, 1.82) is 5.26 Å². The SMILES string of the molecule is CC(C)(C#N)CCCCOC(=O)c1cccc(N)c1Cl. The molecule has 0 aromatic heterocycles. The van der Waals surface area contributed by atoms with E-state index >= 15 is 0 Å². The molecule has 20 heavy (non-hydrogen) atoms. The van der Waals surface area contributed by atoms with Crippen molar-refractivity contribution >= 4 is 23.3 Å². The summed E-state index contributed by atoms with van der Waals surface area (Å²) in [7, 11) is 0. The van der Waals surface area contributed by atoms with Gasteiger partial charge in [0.1, 0.15) is 0 Å². The highest BCUT2D eigenvalue weighted by Crippen LogP contribution is 2.24. The third-order valence-corrected chi connectivity index (χ3v) is 3.40. The largest absolute Gasteiger partial charge is 0.462 e. The maximum atomic E-state index is 11.8. The maximum absolute atomic E-state index is 11.8. The Balaban J connectivity index is 2.38. The van der Waals surface area contributed by atoms with E-state index in [1.54, 1.807) is 18.2 Å². The van der Waals surface area contributed by atoms with Crippen molar-refractivity contribution in [2.75, 3.05) is 12.3 Å². The Morgan fingerprint density at radius 1 is 1.45 bits per heavy atom. The van der Waals surface area contributed by atoms with Gasteiger partial charge in [-0.15, -0.1) is 0 Å². The maximum Gasteiger partial charge on any atom is 0.339 e. The smallest absolute Gasteiger partial charge is 0.339 e. The number of rotatable bonds is 6. The molecule has 0 bridgehead atoms. The highest BCUT2D eigenvalue weighted by Gasteiger charge is 2.16. The molecule has 0 aliphatic carbocycles.